The molecule has 0 aromatic rings. The van der Waals surface area contributed by atoms with E-state index in [1.807, 2.05) is 0 Å². The van der Waals surface area contributed by atoms with E-state index in [4.69, 9.17) is 9.47 Å². The van der Waals surface area contributed by atoms with Crippen LogP contribution in [0.3, 0.4) is 0 Å². The maximum Gasteiger partial charge on any atom is 0.250 e. The van der Waals surface area contributed by atoms with Gasteiger partial charge in [0.15, 0.2) is 0 Å². The first-order valence-electron chi connectivity index (χ1n) is 4.90. The van der Waals surface area contributed by atoms with Gasteiger partial charge in [0.2, 0.25) is 5.79 Å². The van der Waals surface area contributed by atoms with E-state index in [1.165, 1.54) is 19.3 Å². The fourth-order valence-corrected chi connectivity index (χ4v) is 1.93. The Morgan fingerprint density at radius 2 is 2.08 bits per heavy atom. The van der Waals surface area contributed by atoms with Crippen molar-refractivity contribution in [3.05, 3.63) is 12.0 Å². The Kier molecular flexibility index (Phi) is 1.99. The van der Waals surface area contributed by atoms with Gasteiger partial charge in [-0.2, -0.15) is 0 Å². The molecule has 0 atom stereocenters. The first-order valence-corrected chi connectivity index (χ1v) is 4.90. The Hall–Kier alpha value is -0.660. The largest absolute Gasteiger partial charge is 0.456 e. The minimum absolute atomic E-state index is 0.246. The number of rotatable bonds is 1. The molecule has 0 saturated heterocycles. The van der Waals surface area contributed by atoms with Crippen LogP contribution in [0, 0.1) is 0 Å². The molecule has 0 radical (unpaired) electrons. The molecule has 1 fully saturated rings. The Bertz CT molecular complexity index is 190. The van der Waals surface area contributed by atoms with E-state index in [1.54, 1.807) is 6.26 Å². The van der Waals surface area contributed by atoms with Gasteiger partial charge in [0.1, 0.15) is 12.0 Å². The van der Waals surface area contributed by atoms with E-state index in [-0.39, 0.29) is 5.79 Å². The molecule has 0 aromatic carbocycles. The first-order chi connectivity index (χ1) is 5.85. The second-order valence-electron chi connectivity index (χ2n) is 3.63. The van der Waals surface area contributed by atoms with Gasteiger partial charge in [0.25, 0.3) is 0 Å². The molecule has 0 aromatic heterocycles. The smallest absolute Gasteiger partial charge is 0.250 e. The monoisotopic (exact) mass is 168 g/mol. The van der Waals surface area contributed by atoms with Crippen LogP contribution in [0.1, 0.15) is 45.4 Å². The Morgan fingerprint density at radius 3 is 2.67 bits per heavy atom. The summed E-state index contributed by atoms with van der Waals surface area (Å²) in [5.41, 5.74) is 0. The SMILES string of the molecule is CCC1=COC2(CCCCC2)O1. The predicted molar refractivity (Wildman–Crippen MR) is 46.4 cm³/mol. The molecule has 1 aliphatic heterocycles. The molecule has 2 nitrogen and oxygen atoms in total. The molecule has 1 spiro atoms. The van der Waals surface area contributed by atoms with Gasteiger partial charge in [-0.25, -0.2) is 0 Å². The van der Waals surface area contributed by atoms with E-state index in [9.17, 15) is 0 Å². The van der Waals surface area contributed by atoms with Crippen LogP contribution in [0.15, 0.2) is 12.0 Å². The Morgan fingerprint density at radius 1 is 1.33 bits per heavy atom. The summed E-state index contributed by atoms with van der Waals surface area (Å²) in [4.78, 5) is 0. The van der Waals surface area contributed by atoms with Crippen molar-refractivity contribution < 1.29 is 9.47 Å². The molecular weight excluding hydrogens is 152 g/mol. The van der Waals surface area contributed by atoms with Crippen LogP contribution in [0.25, 0.3) is 0 Å². The van der Waals surface area contributed by atoms with E-state index < -0.39 is 0 Å². The molecule has 0 amide bonds. The van der Waals surface area contributed by atoms with Crippen molar-refractivity contribution in [2.75, 3.05) is 0 Å². The molecule has 2 aliphatic rings. The van der Waals surface area contributed by atoms with Gasteiger partial charge in [-0.05, 0) is 12.8 Å². The highest BCUT2D eigenvalue weighted by Crippen LogP contribution is 2.39. The summed E-state index contributed by atoms with van der Waals surface area (Å²) in [6.07, 6.45) is 8.68. The standard InChI is InChI=1S/C10H16O2/c1-2-9-8-11-10(12-9)6-4-3-5-7-10/h8H,2-7H2,1H3. The highest BCUT2D eigenvalue weighted by atomic mass is 16.7. The molecule has 1 heterocycles. The van der Waals surface area contributed by atoms with Crippen LogP contribution in [0.5, 0.6) is 0 Å². The van der Waals surface area contributed by atoms with Gasteiger partial charge in [-0.3, -0.25) is 0 Å². The molecule has 2 rings (SSSR count). The molecule has 0 unspecified atom stereocenters. The van der Waals surface area contributed by atoms with Crippen LogP contribution in [0.4, 0.5) is 0 Å². The third kappa shape index (κ3) is 1.30. The second kappa shape index (κ2) is 3.00. The lowest BCUT2D eigenvalue weighted by Gasteiger charge is -2.31. The minimum Gasteiger partial charge on any atom is -0.456 e. The molecule has 68 valence electrons. The van der Waals surface area contributed by atoms with Gasteiger partial charge in [-0.1, -0.05) is 13.3 Å². The van der Waals surface area contributed by atoms with Crippen molar-refractivity contribution in [2.24, 2.45) is 0 Å². The topological polar surface area (TPSA) is 18.5 Å². The lowest BCUT2D eigenvalue weighted by atomic mass is 9.94. The van der Waals surface area contributed by atoms with Crippen molar-refractivity contribution in [2.45, 2.75) is 51.2 Å². The van der Waals surface area contributed by atoms with Crippen molar-refractivity contribution >= 4 is 0 Å². The summed E-state index contributed by atoms with van der Waals surface area (Å²) in [6, 6.07) is 0. The van der Waals surface area contributed by atoms with E-state index >= 15 is 0 Å². The molecule has 0 bridgehead atoms. The predicted octanol–water partition coefficient (Wildman–Crippen LogP) is 2.95. The van der Waals surface area contributed by atoms with Crippen LogP contribution in [0.2, 0.25) is 0 Å². The molecule has 1 saturated carbocycles. The summed E-state index contributed by atoms with van der Waals surface area (Å²) in [5.74, 6) is 0.765. The van der Waals surface area contributed by atoms with Gasteiger partial charge < -0.3 is 9.47 Å². The zero-order chi connectivity index (χ0) is 8.44. The highest BCUT2D eigenvalue weighted by Gasteiger charge is 2.39. The molecule has 0 N–H and O–H groups in total. The number of ether oxygens (including phenoxy) is 2. The van der Waals surface area contributed by atoms with Gasteiger partial charge >= 0.3 is 0 Å². The Labute approximate surface area is 73.5 Å². The molecular formula is C10H16O2. The van der Waals surface area contributed by atoms with Gasteiger partial charge in [0, 0.05) is 19.3 Å². The normalized spacial score (nSPS) is 26.2. The summed E-state index contributed by atoms with van der Waals surface area (Å²) < 4.78 is 11.4. The van der Waals surface area contributed by atoms with E-state index in [0.29, 0.717) is 0 Å². The lowest BCUT2D eigenvalue weighted by Crippen LogP contribution is -2.32. The number of allylic oxidation sites excluding steroid dienone is 1. The van der Waals surface area contributed by atoms with Gasteiger partial charge in [-0.15, -0.1) is 0 Å². The van der Waals surface area contributed by atoms with Crippen molar-refractivity contribution in [1.82, 2.24) is 0 Å². The average molecular weight is 168 g/mol. The molecule has 1 aliphatic carbocycles. The van der Waals surface area contributed by atoms with E-state index in [0.717, 1.165) is 25.0 Å². The minimum atomic E-state index is -0.246. The number of hydrogen-bond acceptors (Lipinski definition) is 2. The zero-order valence-electron chi connectivity index (χ0n) is 7.64. The maximum atomic E-state index is 5.78. The summed E-state index contributed by atoms with van der Waals surface area (Å²) in [7, 11) is 0. The van der Waals surface area contributed by atoms with Crippen LogP contribution in [-0.4, -0.2) is 5.79 Å². The van der Waals surface area contributed by atoms with Crippen molar-refractivity contribution in [3.8, 4) is 0 Å². The molecule has 2 heteroatoms. The number of hydrogen-bond donors (Lipinski definition) is 0. The van der Waals surface area contributed by atoms with Crippen LogP contribution < -0.4 is 0 Å². The second-order valence-corrected chi connectivity index (χ2v) is 3.63. The third-order valence-electron chi connectivity index (χ3n) is 2.69. The van der Waals surface area contributed by atoms with Gasteiger partial charge in [0.05, 0.1) is 0 Å². The quantitative estimate of drug-likeness (QED) is 0.599. The molecule has 12 heavy (non-hydrogen) atoms. The van der Waals surface area contributed by atoms with Crippen LogP contribution in [-0.2, 0) is 9.47 Å². The fraction of sp³-hybridized carbons (Fsp3) is 0.800. The summed E-state index contributed by atoms with van der Waals surface area (Å²) >= 11 is 0. The lowest BCUT2D eigenvalue weighted by molar-refractivity contribution is -0.169. The third-order valence-corrected chi connectivity index (χ3v) is 2.69. The zero-order valence-corrected chi connectivity index (χ0v) is 7.64. The maximum absolute atomic E-state index is 5.78. The fourth-order valence-electron chi connectivity index (χ4n) is 1.93. The van der Waals surface area contributed by atoms with Crippen LogP contribution >= 0.6 is 0 Å². The first kappa shape index (κ1) is 7.96. The van der Waals surface area contributed by atoms with Crippen molar-refractivity contribution in [3.63, 3.8) is 0 Å². The summed E-state index contributed by atoms with van der Waals surface area (Å²) in [6.45, 7) is 2.09. The average Bonchev–Trinajstić information content (AvgIpc) is 2.50. The highest BCUT2D eigenvalue weighted by molar-refractivity contribution is 4.97. The van der Waals surface area contributed by atoms with E-state index in [2.05, 4.69) is 6.92 Å². The summed E-state index contributed by atoms with van der Waals surface area (Å²) in [5, 5.41) is 0. The Balaban J connectivity index is 1.97. The van der Waals surface area contributed by atoms with Crippen molar-refractivity contribution in [1.29, 1.82) is 0 Å².